The topological polar surface area (TPSA) is 132 Å². The SMILES string of the molecule is NC1CCCCC1.NCCCC[C@H](N)C(=O)O.O=Cc1ccc(Cl)cc1Cl.[H+]. The first-order valence-corrected chi connectivity index (χ1v) is 9.91. The van der Waals surface area contributed by atoms with Gasteiger partial charge >= 0.3 is 7.40 Å². The lowest BCUT2D eigenvalue weighted by Crippen LogP contribution is -2.29. The van der Waals surface area contributed by atoms with Crippen molar-refractivity contribution in [2.45, 2.75) is 63.5 Å². The maximum absolute atomic E-state index is 10.2. The standard InChI is InChI=1S/C7H4Cl2O.C6H14N2O2.C6H13N/c8-6-2-1-5(4-10)7(9)3-6;7-4-2-1-3-5(8)6(9)10;7-6-4-2-1-3-5-6/h1-4H;5H,1-4,7-8H2,(H,9,10);6H,1-5,7H2/p+1/t;5-;/m.0./s1. The summed E-state index contributed by atoms with van der Waals surface area (Å²) < 4.78 is 0. The number of aliphatic carboxylic acids is 1. The quantitative estimate of drug-likeness (QED) is 0.409. The van der Waals surface area contributed by atoms with Gasteiger partial charge in [-0.3, -0.25) is 9.59 Å². The van der Waals surface area contributed by atoms with Crippen molar-refractivity contribution in [1.29, 1.82) is 0 Å². The smallest absolute Gasteiger partial charge is 0.480 e. The maximum atomic E-state index is 10.2. The molecule has 1 aromatic rings. The third kappa shape index (κ3) is 13.6. The second-order valence-corrected chi connectivity index (χ2v) is 7.25. The van der Waals surface area contributed by atoms with E-state index in [1.54, 1.807) is 12.1 Å². The molecule has 0 radical (unpaired) electrons. The summed E-state index contributed by atoms with van der Waals surface area (Å²) >= 11 is 11.2. The number of hydrogen-bond acceptors (Lipinski definition) is 5. The molecule has 0 unspecified atom stereocenters. The molecule has 1 saturated carbocycles. The van der Waals surface area contributed by atoms with Crippen LogP contribution in [0.4, 0.5) is 0 Å². The predicted molar refractivity (Wildman–Crippen MR) is 113 cm³/mol. The van der Waals surface area contributed by atoms with Crippen LogP contribution in [0.3, 0.4) is 0 Å². The van der Waals surface area contributed by atoms with Crippen LogP contribution >= 0.6 is 23.2 Å². The number of nitrogens with two attached hydrogens (primary N) is 3. The van der Waals surface area contributed by atoms with E-state index in [1.807, 2.05) is 0 Å². The lowest BCUT2D eigenvalue weighted by molar-refractivity contribution is -0.138. The number of carboxylic acid groups (broad SMARTS) is 1. The maximum Gasteiger partial charge on any atom is 1.00 e. The highest BCUT2D eigenvalue weighted by molar-refractivity contribution is 6.36. The van der Waals surface area contributed by atoms with Gasteiger partial charge in [0.2, 0.25) is 0 Å². The first kappa shape index (κ1) is 25.8. The average molecular weight is 421 g/mol. The largest absolute Gasteiger partial charge is 1.00 e. The van der Waals surface area contributed by atoms with E-state index in [0.717, 1.165) is 12.8 Å². The van der Waals surface area contributed by atoms with Crippen LogP contribution in [0.25, 0.3) is 0 Å². The van der Waals surface area contributed by atoms with E-state index >= 15 is 0 Å². The Morgan fingerprint density at radius 1 is 1.26 bits per heavy atom. The molecule has 7 N–H and O–H groups in total. The van der Waals surface area contributed by atoms with Gasteiger partial charge in [-0.25, -0.2) is 0 Å². The van der Waals surface area contributed by atoms with Crippen molar-refractivity contribution in [1.82, 2.24) is 0 Å². The van der Waals surface area contributed by atoms with Gasteiger partial charge in [0.15, 0.2) is 6.29 Å². The molecule has 0 heterocycles. The van der Waals surface area contributed by atoms with Crippen LogP contribution in [-0.4, -0.2) is 36.0 Å². The Bertz CT molecular complexity index is 559. The van der Waals surface area contributed by atoms with E-state index in [2.05, 4.69) is 0 Å². The third-order valence-electron chi connectivity index (χ3n) is 4.03. The van der Waals surface area contributed by atoms with Gasteiger partial charge in [-0.05, 0) is 50.4 Å². The summed E-state index contributed by atoms with van der Waals surface area (Å²) in [7, 11) is 0. The summed E-state index contributed by atoms with van der Waals surface area (Å²) in [6, 6.07) is 4.56. The monoisotopic (exact) mass is 420 g/mol. The molecule has 27 heavy (non-hydrogen) atoms. The minimum absolute atomic E-state index is 0. The van der Waals surface area contributed by atoms with Crippen LogP contribution < -0.4 is 17.2 Å². The van der Waals surface area contributed by atoms with Gasteiger partial charge in [0.05, 0.1) is 5.02 Å². The van der Waals surface area contributed by atoms with Crippen LogP contribution in [0.1, 0.15) is 63.2 Å². The summed E-state index contributed by atoms with van der Waals surface area (Å²) in [5.41, 5.74) is 16.5. The van der Waals surface area contributed by atoms with Gasteiger partial charge in [0, 0.05) is 16.6 Å². The minimum atomic E-state index is -0.933. The highest BCUT2D eigenvalue weighted by Gasteiger charge is 2.09. The number of carbonyl (C=O) groups excluding carboxylic acids is 1. The highest BCUT2D eigenvalue weighted by atomic mass is 35.5. The van der Waals surface area contributed by atoms with Crippen LogP contribution in [0.5, 0.6) is 0 Å². The Kier molecular flexibility index (Phi) is 15.1. The third-order valence-corrected chi connectivity index (χ3v) is 4.59. The van der Waals surface area contributed by atoms with Crippen LogP contribution in [0.15, 0.2) is 18.2 Å². The number of carbonyl (C=O) groups is 2. The molecule has 0 amide bonds. The van der Waals surface area contributed by atoms with E-state index in [4.69, 9.17) is 45.5 Å². The lowest BCUT2D eigenvalue weighted by atomic mass is 9.97. The van der Waals surface area contributed by atoms with Gasteiger partial charge in [-0.1, -0.05) is 48.9 Å². The van der Waals surface area contributed by atoms with Crippen LogP contribution in [0, 0.1) is 0 Å². The van der Waals surface area contributed by atoms with Gasteiger partial charge in [-0.15, -0.1) is 0 Å². The van der Waals surface area contributed by atoms with E-state index in [9.17, 15) is 9.59 Å². The van der Waals surface area contributed by atoms with Gasteiger partial charge in [0.1, 0.15) is 6.04 Å². The normalized spacial score (nSPS) is 14.9. The predicted octanol–water partition coefficient (Wildman–Crippen LogP) is 3.72. The fourth-order valence-corrected chi connectivity index (χ4v) is 2.82. The Morgan fingerprint density at radius 2 is 1.89 bits per heavy atom. The first-order valence-electron chi connectivity index (χ1n) is 9.16. The average Bonchev–Trinajstić information content (AvgIpc) is 2.63. The number of halogens is 2. The Morgan fingerprint density at radius 3 is 2.30 bits per heavy atom. The van der Waals surface area contributed by atoms with E-state index in [1.165, 1.54) is 38.2 Å². The molecule has 0 bridgehead atoms. The molecular formula is C19H32Cl2N3O3+. The zero-order valence-electron chi connectivity index (χ0n) is 16.6. The minimum Gasteiger partial charge on any atom is -0.480 e. The van der Waals surface area contributed by atoms with Gasteiger partial charge in [0.25, 0.3) is 0 Å². The zero-order valence-corrected chi connectivity index (χ0v) is 17.1. The number of carboxylic acids is 1. The summed E-state index contributed by atoms with van der Waals surface area (Å²) in [6.45, 7) is 0.604. The van der Waals surface area contributed by atoms with Crippen molar-refractivity contribution >= 4 is 35.5 Å². The number of benzene rings is 1. The summed E-state index contributed by atoms with van der Waals surface area (Å²) in [5.74, 6) is -0.933. The second kappa shape index (κ2) is 15.8. The number of rotatable bonds is 6. The van der Waals surface area contributed by atoms with Gasteiger partial charge in [-0.2, -0.15) is 0 Å². The Balaban J connectivity index is 0. The zero-order chi connectivity index (χ0) is 20.7. The van der Waals surface area contributed by atoms with E-state index in [0.29, 0.717) is 40.9 Å². The molecule has 1 aromatic carbocycles. The second-order valence-electron chi connectivity index (χ2n) is 6.41. The van der Waals surface area contributed by atoms with E-state index in [-0.39, 0.29) is 1.43 Å². The molecule has 1 aliphatic rings. The number of aldehydes is 1. The molecule has 1 fully saturated rings. The molecule has 154 valence electrons. The van der Waals surface area contributed by atoms with Gasteiger partial charge < -0.3 is 22.3 Å². The van der Waals surface area contributed by atoms with Crippen molar-refractivity contribution < 1.29 is 16.1 Å². The van der Waals surface area contributed by atoms with E-state index < -0.39 is 12.0 Å². The summed E-state index contributed by atoms with van der Waals surface area (Å²) in [5, 5.41) is 9.25. The first-order chi connectivity index (χ1) is 12.8. The molecule has 0 aliphatic heterocycles. The molecular weight excluding hydrogens is 389 g/mol. The van der Waals surface area contributed by atoms with Crippen LogP contribution in [-0.2, 0) is 4.79 Å². The number of unbranched alkanes of at least 4 members (excludes halogenated alkanes) is 1. The van der Waals surface area contributed by atoms with Crippen molar-refractivity contribution in [2.24, 2.45) is 17.2 Å². The molecule has 0 aromatic heterocycles. The summed E-state index contributed by atoms with van der Waals surface area (Å²) in [6.07, 6.45) is 9.52. The van der Waals surface area contributed by atoms with Crippen molar-refractivity contribution in [3.05, 3.63) is 33.8 Å². The Hall–Kier alpha value is -1.18. The molecule has 0 spiro atoms. The van der Waals surface area contributed by atoms with Crippen molar-refractivity contribution in [2.75, 3.05) is 6.54 Å². The summed E-state index contributed by atoms with van der Waals surface area (Å²) in [4.78, 5) is 20.3. The molecule has 1 atom stereocenters. The molecule has 1 aliphatic carbocycles. The molecule has 0 saturated heterocycles. The number of hydrogen-bond donors (Lipinski definition) is 4. The Labute approximate surface area is 172 Å². The molecule has 6 nitrogen and oxygen atoms in total. The van der Waals surface area contributed by atoms with Crippen LogP contribution in [0.2, 0.25) is 10.0 Å². The molecule has 8 heteroatoms. The van der Waals surface area contributed by atoms with Crippen molar-refractivity contribution in [3.8, 4) is 0 Å². The molecule has 2 rings (SSSR count). The highest BCUT2D eigenvalue weighted by Crippen LogP contribution is 2.19. The fraction of sp³-hybridized carbons (Fsp3) is 0.579. The fourth-order valence-electron chi connectivity index (χ4n) is 2.36. The lowest BCUT2D eigenvalue weighted by Gasteiger charge is -2.15. The van der Waals surface area contributed by atoms with Crippen molar-refractivity contribution in [3.63, 3.8) is 0 Å².